The molecule has 1 aliphatic heterocycles. The van der Waals surface area contributed by atoms with Crippen LogP contribution in [0.3, 0.4) is 0 Å². The molecule has 10 heteroatoms. The monoisotopic (exact) mass is 544 g/mol. The molecule has 2 aromatic carbocycles. The van der Waals surface area contributed by atoms with Crippen molar-refractivity contribution in [3.05, 3.63) is 71.4 Å². The molecule has 0 saturated carbocycles. The van der Waals surface area contributed by atoms with Crippen molar-refractivity contribution in [3.63, 3.8) is 0 Å². The second-order valence-electron chi connectivity index (χ2n) is 9.80. The normalized spacial score (nSPS) is 26.9. The summed E-state index contributed by atoms with van der Waals surface area (Å²) >= 11 is 0. The lowest BCUT2D eigenvalue weighted by Gasteiger charge is -2.44. The molecule has 0 amide bonds. The van der Waals surface area contributed by atoms with Gasteiger partial charge in [0, 0.05) is 38.7 Å². The Morgan fingerprint density at radius 1 is 0.846 bits per heavy atom. The SMILES string of the molecule is CO[C@@H]1[C@H](OC)[C@H](OC2Cc3ccc(-c4ccnc(-c5cccc(C(F)(F)F)c5)n4)cc3C2)O[C@@H](C)[C@@H]1OC. The number of benzene rings is 2. The molecule has 5 rings (SSSR count). The number of aromatic nitrogens is 2. The lowest BCUT2D eigenvalue weighted by molar-refractivity contribution is -0.314. The highest BCUT2D eigenvalue weighted by Gasteiger charge is 2.47. The van der Waals surface area contributed by atoms with Gasteiger partial charge in [0.15, 0.2) is 12.1 Å². The molecule has 6 atom stereocenters. The summed E-state index contributed by atoms with van der Waals surface area (Å²) in [5.74, 6) is 0.233. The maximum Gasteiger partial charge on any atom is 0.416 e. The summed E-state index contributed by atoms with van der Waals surface area (Å²) in [4.78, 5) is 8.78. The van der Waals surface area contributed by atoms with Crippen LogP contribution in [0.25, 0.3) is 22.6 Å². The zero-order valence-corrected chi connectivity index (χ0v) is 22.1. The third kappa shape index (κ3) is 5.71. The highest BCUT2D eigenvalue weighted by atomic mass is 19.4. The number of ether oxygens (including phenoxy) is 5. The predicted octanol–water partition coefficient (Wildman–Crippen LogP) is 5.10. The Balaban J connectivity index is 1.32. The van der Waals surface area contributed by atoms with Crippen LogP contribution in [0.2, 0.25) is 0 Å². The minimum Gasteiger partial charge on any atom is -0.376 e. The summed E-state index contributed by atoms with van der Waals surface area (Å²) in [5, 5.41) is 0. The van der Waals surface area contributed by atoms with Crippen molar-refractivity contribution >= 4 is 0 Å². The first-order valence-electron chi connectivity index (χ1n) is 12.7. The molecule has 0 N–H and O–H groups in total. The van der Waals surface area contributed by atoms with Gasteiger partial charge in [-0.3, -0.25) is 0 Å². The maximum atomic E-state index is 13.2. The van der Waals surface area contributed by atoms with Crippen LogP contribution in [0.5, 0.6) is 0 Å². The molecule has 1 unspecified atom stereocenters. The first-order valence-corrected chi connectivity index (χ1v) is 12.7. The summed E-state index contributed by atoms with van der Waals surface area (Å²) in [5.41, 5.74) is 3.33. The summed E-state index contributed by atoms with van der Waals surface area (Å²) in [6.07, 6.45) is -3.54. The molecule has 1 aliphatic carbocycles. The Hall–Kier alpha value is -2.89. The molecular formula is C29H31F3N2O5. The molecule has 1 fully saturated rings. The van der Waals surface area contributed by atoms with Crippen LogP contribution in [-0.2, 0) is 42.7 Å². The third-order valence-electron chi connectivity index (χ3n) is 7.37. The number of halogens is 3. The smallest absolute Gasteiger partial charge is 0.376 e. The number of hydrogen-bond acceptors (Lipinski definition) is 7. The first kappa shape index (κ1) is 27.7. The van der Waals surface area contributed by atoms with Gasteiger partial charge in [-0.15, -0.1) is 0 Å². The zero-order chi connectivity index (χ0) is 27.7. The zero-order valence-electron chi connectivity index (χ0n) is 22.1. The van der Waals surface area contributed by atoms with E-state index >= 15 is 0 Å². The Morgan fingerprint density at radius 3 is 2.31 bits per heavy atom. The number of methoxy groups -OCH3 is 3. The topological polar surface area (TPSA) is 71.9 Å². The summed E-state index contributed by atoms with van der Waals surface area (Å²) < 4.78 is 69.0. The second kappa shape index (κ2) is 11.3. The summed E-state index contributed by atoms with van der Waals surface area (Å²) in [6.45, 7) is 1.92. The van der Waals surface area contributed by atoms with E-state index in [1.54, 1.807) is 39.7 Å². The fraction of sp³-hybridized carbons (Fsp3) is 0.448. The van der Waals surface area contributed by atoms with Crippen LogP contribution < -0.4 is 0 Å². The molecule has 7 nitrogen and oxygen atoms in total. The first-order chi connectivity index (χ1) is 18.7. The number of fused-ring (bicyclic) bond motifs is 1. The highest BCUT2D eigenvalue weighted by molar-refractivity contribution is 5.65. The fourth-order valence-corrected chi connectivity index (χ4v) is 5.44. The molecule has 208 valence electrons. The van der Waals surface area contributed by atoms with Crippen molar-refractivity contribution in [2.24, 2.45) is 0 Å². The Kier molecular flexibility index (Phi) is 8.02. The molecular weight excluding hydrogens is 513 g/mol. The van der Waals surface area contributed by atoms with Crippen molar-refractivity contribution in [3.8, 4) is 22.6 Å². The molecule has 3 aromatic rings. The average Bonchev–Trinajstić information content (AvgIpc) is 3.34. The van der Waals surface area contributed by atoms with Gasteiger partial charge < -0.3 is 23.7 Å². The number of hydrogen-bond donors (Lipinski definition) is 0. The van der Waals surface area contributed by atoms with Crippen LogP contribution >= 0.6 is 0 Å². The standard InChI is InChI=1S/C29H31F3N2O5/c1-16-24(35-2)25(36-3)26(37-4)28(38-16)39-22-14-17-8-9-18(12-20(17)15-22)23-10-11-33-27(34-23)19-6-5-7-21(13-19)29(30,31)32/h5-13,16,22,24-26,28H,14-15H2,1-4H3/t16-,22?,24-,25-,26-,28-/m0/s1. The van der Waals surface area contributed by atoms with Gasteiger partial charge in [0.1, 0.15) is 18.3 Å². The van der Waals surface area contributed by atoms with Crippen molar-refractivity contribution < 1.29 is 36.9 Å². The third-order valence-corrected chi connectivity index (χ3v) is 7.37. The van der Waals surface area contributed by atoms with E-state index in [4.69, 9.17) is 23.7 Å². The average molecular weight is 545 g/mol. The van der Waals surface area contributed by atoms with Gasteiger partial charge in [0.25, 0.3) is 0 Å². The van der Waals surface area contributed by atoms with Crippen molar-refractivity contribution in [1.29, 1.82) is 0 Å². The van der Waals surface area contributed by atoms with Crippen LogP contribution in [0.1, 0.15) is 23.6 Å². The molecule has 2 aliphatic rings. The van der Waals surface area contributed by atoms with E-state index in [-0.39, 0.29) is 30.2 Å². The van der Waals surface area contributed by atoms with Gasteiger partial charge >= 0.3 is 6.18 Å². The number of rotatable bonds is 7. The van der Waals surface area contributed by atoms with Crippen molar-refractivity contribution in [2.45, 2.75) is 62.8 Å². The fourth-order valence-electron chi connectivity index (χ4n) is 5.44. The van der Waals surface area contributed by atoms with E-state index in [0.717, 1.165) is 28.8 Å². The summed E-state index contributed by atoms with van der Waals surface area (Å²) in [6, 6.07) is 12.8. The minimum atomic E-state index is -4.44. The van der Waals surface area contributed by atoms with Crippen LogP contribution in [0, 0.1) is 0 Å². The van der Waals surface area contributed by atoms with Gasteiger partial charge in [-0.05, 0) is 55.2 Å². The van der Waals surface area contributed by atoms with E-state index in [0.29, 0.717) is 24.1 Å². The Bertz CT molecular complexity index is 1300. The van der Waals surface area contributed by atoms with E-state index < -0.39 is 24.1 Å². The van der Waals surface area contributed by atoms with Crippen molar-refractivity contribution in [1.82, 2.24) is 9.97 Å². The van der Waals surface area contributed by atoms with E-state index in [2.05, 4.69) is 9.97 Å². The maximum absolute atomic E-state index is 13.2. The lowest BCUT2D eigenvalue weighted by Crippen LogP contribution is -2.59. The van der Waals surface area contributed by atoms with Crippen molar-refractivity contribution in [2.75, 3.05) is 21.3 Å². The van der Waals surface area contributed by atoms with Crippen LogP contribution in [0.15, 0.2) is 54.7 Å². The molecule has 2 heterocycles. The highest BCUT2D eigenvalue weighted by Crippen LogP contribution is 2.34. The molecule has 0 spiro atoms. The van der Waals surface area contributed by atoms with Gasteiger partial charge in [-0.1, -0.05) is 24.3 Å². The predicted molar refractivity (Wildman–Crippen MR) is 137 cm³/mol. The molecule has 0 bridgehead atoms. The lowest BCUT2D eigenvalue weighted by atomic mass is 9.99. The molecule has 0 radical (unpaired) electrons. The number of nitrogens with zero attached hydrogens (tertiary/aromatic N) is 2. The summed E-state index contributed by atoms with van der Waals surface area (Å²) in [7, 11) is 4.84. The quantitative estimate of drug-likeness (QED) is 0.410. The molecule has 39 heavy (non-hydrogen) atoms. The van der Waals surface area contributed by atoms with Gasteiger partial charge in [-0.2, -0.15) is 13.2 Å². The van der Waals surface area contributed by atoms with E-state index in [1.807, 2.05) is 25.1 Å². The largest absolute Gasteiger partial charge is 0.416 e. The second-order valence-corrected chi connectivity index (χ2v) is 9.80. The Morgan fingerprint density at radius 2 is 1.59 bits per heavy atom. The van der Waals surface area contributed by atoms with Crippen LogP contribution in [0.4, 0.5) is 13.2 Å². The van der Waals surface area contributed by atoms with E-state index in [1.165, 1.54) is 6.07 Å². The minimum absolute atomic E-state index is 0.118. The van der Waals surface area contributed by atoms with Gasteiger partial charge in [0.2, 0.25) is 0 Å². The van der Waals surface area contributed by atoms with Gasteiger partial charge in [-0.25, -0.2) is 9.97 Å². The van der Waals surface area contributed by atoms with Gasteiger partial charge in [0.05, 0.1) is 23.5 Å². The van der Waals surface area contributed by atoms with E-state index in [9.17, 15) is 13.2 Å². The Labute approximate surface area is 225 Å². The number of alkyl halides is 3. The van der Waals surface area contributed by atoms with Crippen LogP contribution in [-0.4, -0.2) is 68.1 Å². The molecule has 1 aromatic heterocycles. The molecule has 1 saturated heterocycles.